The molecule has 0 aliphatic heterocycles. The largest absolute Gasteiger partial charge is 0.372 e. The Morgan fingerprint density at radius 3 is 2.36 bits per heavy atom. The molecule has 0 aliphatic carbocycles. The van der Waals surface area contributed by atoms with E-state index < -0.39 is 0 Å². The first kappa shape index (κ1) is 27.0. The topological polar surface area (TPSA) is 3.24 Å². The van der Waals surface area contributed by atoms with Crippen LogP contribution in [0.25, 0.3) is 6.08 Å². The Hall–Kier alpha value is -2.28. The van der Waals surface area contributed by atoms with E-state index in [1.165, 1.54) is 53.6 Å². The summed E-state index contributed by atoms with van der Waals surface area (Å²) in [6.45, 7) is 20.5. The second kappa shape index (κ2) is 14.1. The van der Waals surface area contributed by atoms with Gasteiger partial charge < -0.3 is 4.90 Å². The minimum atomic E-state index is 0.590. The van der Waals surface area contributed by atoms with Crippen molar-refractivity contribution in [3.05, 3.63) is 83.4 Å². The maximum absolute atomic E-state index is 4.35. The first-order valence-corrected chi connectivity index (χ1v) is 13.1. The van der Waals surface area contributed by atoms with Gasteiger partial charge in [-0.3, -0.25) is 0 Å². The van der Waals surface area contributed by atoms with Gasteiger partial charge in [0.1, 0.15) is 0 Å². The molecule has 0 bridgehead atoms. The molecule has 2 rings (SSSR count). The summed E-state index contributed by atoms with van der Waals surface area (Å²) in [6, 6.07) is 17.7. The number of nitrogens with zero attached hydrogens (tertiary/aromatic N) is 1. The maximum Gasteiger partial charge on any atom is 0.0368 e. The van der Waals surface area contributed by atoms with Crippen molar-refractivity contribution in [3.8, 4) is 0 Å². The molecule has 0 heterocycles. The molecule has 0 saturated carbocycles. The fourth-order valence-corrected chi connectivity index (χ4v) is 4.43. The van der Waals surface area contributed by atoms with E-state index in [2.05, 4.69) is 114 Å². The standard InChI is InChI=1S/C32H47N/c1-8-22-33(31-15-12-13-26(4)24-31)23-21-29(7)28(6)19-17-25(3)18-20-30-14-10-11-16-32(30)27(5)9-2/h10-16,18,20,24,27-29H,3,8-9,17,19,21-23H2,1-2,4-7H3. The third-order valence-electron chi connectivity index (χ3n) is 7.24. The SMILES string of the molecule is C=C(C=Cc1ccccc1C(C)CC)CCC(C)C(C)CCN(CCC)c1cccc(C)c1. The van der Waals surface area contributed by atoms with Gasteiger partial charge >= 0.3 is 0 Å². The molecule has 1 nitrogen and oxygen atoms in total. The molecule has 0 aliphatic rings. The van der Waals surface area contributed by atoms with Crippen LogP contribution in [0, 0.1) is 18.8 Å². The highest BCUT2D eigenvalue weighted by molar-refractivity contribution is 5.57. The fourth-order valence-electron chi connectivity index (χ4n) is 4.43. The van der Waals surface area contributed by atoms with Crippen LogP contribution in [0.5, 0.6) is 0 Å². The van der Waals surface area contributed by atoms with E-state index in [4.69, 9.17) is 0 Å². The molecule has 2 aromatic rings. The van der Waals surface area contributed by atoms with Crippen LogP contribution < -0.4 is 4.90 Å². The molecular weight excluding hydrogens is 398 g/mol. The van der Waals surface area contributed by atoms with E-state index in [-0.39, 0.29) is 0 Å². The van der Waals surface area contributed by atoms with E-state index in [0.717, 1.165) is 19.5 Å². The van der Waals surface area contributed by atoms with Gasteiger partial charge in [0.25, 0.3) is 0 Å². The summed E-state index contributed by atoms with van der Waals surface area (Å²) in [5, 5.41) is 0. The van der Waals surface area contributed by atoms with Crippen LogP contribution in [-0.2, 0) is 0 Å². The number of hydrogen-bond acceptors (Lipinski definition) is 1. The van der Waals surface area contributed by atoms with Crippen LogP contribution in [0.15, 0.2) is 66.8 Å². The van der Waals surface area contributed by atoms with Crippen LogP contribution in [0.3, 0.4) is 0 Å². The van der Waals surface area contributed by atoms with Gasteiger partial charge in [-0.1, -0.05) is 95.3 Å². The summed E-state index contributed by atoms with van der Waals surface area (Å²) < 4.78 is 0. The van der Waals surface area contributed by atoms with Crippen LogP contribution in [0.4, 0.5) is 5.69 Å². The lowest BCUT2D eigenvalue weighted by Crippen LogP contribution is -2.27. The molecule has 0 N–H and O–H groups in total. The molecule has 2 aromatic carbocycles. The van der Waals surface area contributed by atoms with Crippen molar-refractivity contribution >= 4 is 11.8 Å². The predicted molar refractivity (Wildman–Crippen MR) is 149 cm³/mol. The van der Waals surface area contributed by atoms with E-state index in [1.54, 1.807) is 0 Å². The summed E-state index contributed by atoms with van der Waals surface area (Å²) in [7, 11) is 0. The summed E-state index contributed by atoms with van der Waals surface area (Å²) in [5.74, 6) is 1.99. The van der Waals surface area contributed by atoms with Crippen molar-refractivity contribution in [1.29, 1.82) is 0 Å². The van der Waals surface area contributed by atoms with Crippen LogP contribution in [0.2, 0.25) is 0 Å². The minimum absolute atomic E-state index is 0.590. The van der Waals surface area contributed by atoms with Crippen molar-refractivity contribution in [1.82, 2.24) is 0 Å². The molecule has 3 atom stereocenters. The first-order valence-electron chi connectivity index (χ1n) is 13.1. The van der Waals surface area contributed by atoms with Gasteiger partial charge in [0.05, 0.1) is 0 Å². The Balaban J connectivity index is 1.85. The van der Waals surface area contributed by atoms with Crippen molar-refractivity contribution in [2.75, 3.05) is 18.0 Å². The molecular formula is C32H47N. The highest BCUT2D eigenvalue weighted by Crippen LogP contribution is 2.26. The molecule has 0 aromatic heterocycles. The fraction of sp³-hybridized carbons (Fsp3) is 0.500. The number of rotatable bonds is 14. The Kier molecular flexibility index (Phi) is 11.5. The second-order valence-corrected chi connectivity index (χ2v) is 10.0. The van der Waals surface area contributed by atoms with Crippen molar-refractivity contribution < 1.29 is 0 Å². The lowest BCUT2D eigenvalue weighted by molar-refractivity contribution is 0.346. The predicted octanol–water partition coefficient (Wildman–Crippen LogP) is 9.44. The van der Waals surface area contributed by atoms with Crippen molar-refractivity contribution in [2.24, 2.45) is 11.8 Å². The molecule has 0 amide bonds. The monoisotopic (exact) mass is 445 g/mol. The zero-order chi connectivity index (χ0) is 24.2. The molecule has 0 fully saturated rings. The number of benzene rings is 2. The third kappa shape index (κ3) is 8.88. The van der Waals surface area contributed by atoms with Crippen molar-refractivity contribution in [3.63, 3.8) is 0 Å². The quantitative estimate of drug-likeness (QED) is 0.262. The smallest absolute Gasteiger partial charge is 0.0368 e. The zero-order valence-electron chi connectivity index (χ0n) is 22.1. The van der Waals surface area contributed by atoms with E-state index in [0.29, 0.717) is 17.8 Å². The van der Waals surface area contributed by atoms with E-state index in [9.17, 15) is 0 Å². The Morgan fingerprint density at radius 1 is 0.939 bits per heavy atom. The number of allylic oxidation sites excluding steroid dienone is 2. The number of hydrogen-bond donors (Lipinski definition) is 0. The summed E-state index contributed by atoms with van der Waals surface area (Å²) in [4.78, 5) is 2.56. The van der Waals surface area contributed by atoms with Crippen molar-refractivity contribution in [2.45, 2.75) is 79.6 Å². The van der Waals surface area contributed by atoms with Crippen LogP contribution in [0.1, 0.15) is 89.3 Å². The zero-order valence-corrected chi connectivity index (χ0v) is 22.1. The molecule has 180 valence electrons. The van der Waals surface area contributed by atoms with Crippen LogP contribution >= 0.6 is 0 Å². The van der Waals surface area contributed by atoms with Gasteiger partial charge in [0.15, 0.2) is 0 Å². The van der Waals surface area contributed by atoms with E-state index >= 15 is 0 Å². The molecule has 3 unspecified atom stereocenters. The van der Waals surface area contributed by atoms with Gasteiger partial charge in [0, 0.05) is 18.8 Å². The maximum atomic E-state index is 4.35. The summed E-state index contributed by atoms with van der Waals surface area (Å²) in [5.41, 5.74) is 6.72. The molecule has 33 heavy (non-hydrogen) atoms. The minimum Gasteiger partial charge on any atom is -0.372 e. The summed E-state index contributed by atoms with van der Waals surface area (Å²) in [6.07, 6.45) is 10.4. The molecule has 0 radical (unpaired) electrons. The van der Waals surface area contributed by atoms with Crippen LogP contribution in [-0.4, -0.2) is 13.1 Å². The molecule has 1 heteroatoms. The van der Waals surface area contributed by atoms with Gasteiger partial charge in [-0.05, 0) is 85.6 Å². The van der Waals surface area contributed by atoms with Gasteiger partial charge in [-0.25, -0.2) is 0 Å². The summed E-state index contributed by atoms with van der Waals surface area (Å²) >= 11 is 0. The van der Waals surface area contributed by atoms with E-state index in [1.807, 2.05) is 0 Å². The second-order valence-electron chi connectivity index (χ2n) is 10.0. The Morgan fingerprint density at radius 2 is 1.67 bits per heavy atom. The molecule has 0 saturated heterocycles. The number of aryl methyl sites for hydroxylation is 1. The average Bonchev–Trinajstić information content (AvgIpc) is 2.83. The first-order chi connectivity index (χ1) is 15.8. The lowest BCUT2D eigenvalue weighted by Gasteiger charge is -2.28. The Bertz CT molecular complexity index is 878. The highest BCUT2D eigenvalue weighted by atomic mass is 15.1. The lowest BCUT2D eigenvalue weighted by atomic mass is 9.87. The Labute approximate surface area is 204 Å². The van der Waals surface area contributed by atoms with Gasteiger partial charge in [-0.2, -0.15) is 0 Å². The number of anilines is 1. The van der Waals surface area contributed by atoms with Gasteiger partial charge in [0.2, 0.25) is 0 Å². The molecule has 0 spiro atoms. The van der Waals surface area contributed by atoms with Gasteiger partial charge in [-0.15, -0.1) is 0 Å². The average molecular weight is 446 g/mol. The third-order valence-corrected chi connectivity index (χ3v) is 7.24. The highest BCUT2D eigenvalue weighted by Gasteiger charge is 2.15. The normalized spacial score (nSPS) is 14.2.